The molecule has 0 spiro atoms. The minimum absolute atomic E-state index is 0.000611. The maximum absolute atomic E-state index is 13.5. The molecule has 0 aromatic heterocycles. The van der Waals surface area contributed by atoms with Crippen molar-refractivity contribution in [2.24, 2.45) is 0 Å². The lowest BCUT2D eigenvalue weighted by Gasteiger charge is -2.36. The summed E-state index contributed by atoms with van der Waals surface area (Å²) in [5, 5.41) is 3.51. The fourth-order valence-electron chi connectivity index (χ4n) is 5.26. The molecular formula is C27H29Cl2N5O4. The zero-order valence-corrected chi connectivity index (χ0v) is 22.8. The van der Waals surface area contributed by atoms with Crippen LogP contribution in [0.15, 0.2) is 53.7 Å². The highest BCUT2D eigenvalue weighted by atomic mass is 35.5. The van der Waals surface area contributed by atoms with E-state index in [1.807, 2.05) is 29.2 Å². The molecule has 3 aliphatic heterocycles. The number of likely N-dealkylation sites (N-methyl/N-ethyl adjacent to an activating group) is 1. The molecule has 0 radical (unpaired) electrons. The number of nitrogens with one attached hydrogen (secondary N) is 1. The van der Waals surface area contributed by atoms with Crippen molar-refractivity contribution in [3.8, 4) is 5.75 Å². The van der Waals surface area contributed by atoms with Gasteiger partial charge in [-0.25, -0.2) is 4.79 Å². The van der Waals surface area contributed by atoms with E-state index in [9.17, 15) is 14.4 Å². The molecule has 1 N–H and O–H groups in total. The number of para-hydroxylation sites is 2. The quantitative estimate of drug-likeness (QED) is 0.587. The summed E-state index contributed by atoms with van der Waals surface area (Å²) in [6.07, 6.45) is 0.203. The van der Waals surface area contributed by atoms with Crippen molar-refractivity contribution >= 4 is 46.7 Å². The lowest BCUT2D eigenvalue weighted by Crippen LogP contribution is -2.49. The van der Waals surface area contributed by atoms with Crippen LogP contribution in [-0.4, -0.2) is 86.0 Å². The Hall–Kier alpha value is -3.43. The molecule has 2 aromatic rings. The first-order valence-corrected chi connectivity index (χ1v) is 13.2. The molecule has 0 bridgehead atoms. The maximum atomic E-state index is 13.5. The molecule has 1 saturated heterocycles. The Kier molecular flexibility index (Phi) is 7.40. The number of anilines is 1. The Morgan fingerprint density at radius 2 is 1.79 bits per heavy atom. The zero-order valence-electron chi connectivity index (χ0n) is 21.2. The van der Waals surface area contributed by atoms with Crippen LogP contribution in [0.3, 0.4) is 0 Å². The van der Waals surface area contributed by atoms with Crippen LogP contribution < -0.4 is 15.0 Å². The predicted molar refractivity (Wildman–Crippen MR) is 146 cm³/mol. The number of ether oxygens (including phenoxy) is 1. The van der Waals surface area contributed by atoms with Gasteiger partial charge in [0.15, 0.2) is 0 Å². The van der Waals surface area contributed by atoms with Crippen LogP contribution >= 0.6 is 23.2 Å². The fourth-order valence-corrected chi connectivity index (χ4v) is 5.67. The van der Waals surface area contributed by atoms with E-state index >= 15 is 0 Å². The molecule has 0 saturated carbocycles. The van der Waals surface area contributed by atoms with Crippen LogP contribution in [0.25, 0.3) is 0 Å². The Balaban J connectivity index is 1.22. The molecule has 2 aromatic carbocycles. The number of nitrogens with zero attached hydrogens (tertiary/aromatic N) is 4. The number of benzene rings is 2. The second-order valence-electron chi connectivity index (χ2n) is 9.46. The molecule has 200 valence electrons. The summed E-state index contributed by atoms with van der Waals surface area (Å²) in [6, 6.07) is 12.0. The smallest absolute Gasteiger partial charge is 0.322 e. The van der Waals surface area contributed by atoms with Gasteiger partial charge in [0.05, 0.1) is 46.7 Å². The highest BCUT2D eigenvalue weighted by Crippen LogP contribution is 2.40. The Bertz CT molecular complexity index is 1310. The number of methoxy groups -OCH3 is 1. The van der Waals surface area contributed by atoms with E-state index in [0.717, 1.165) is 11.4 Å². The van der Waals surface area contributed by atoms with Crippen molar-refractivity contribution in [1.82, 2.24) is 20.0 Å². The van der Waals surface area contributed by atoms with Gasteiger partial charge >= 0.3 is 6.03 Å². The van der Waals surface area contributed by atoms with Crippen molar-refractivity contribution in [1.29, 1.82) is 0 Å². The van der Waals surface area contributed by atoms with Gasteiger partial charge in [0.2, 0.25) is 5.91 Å². The van der Waals surface area contributed by atoms with E-state index in [1.165, 1.54) is 4.90 Å². The van der Waals surface area contributed by atoms with E-state index < -0.39 is 6.04 Å². The van der Waals surface area contributed by atoms with Crippen LogP contribution in [0.2, 0.25) is 10.0 Å². The third-order valence-electron chi connectivity index (χ3n) is 7.38. The molecule has 4 amide bonds. The van der Waals surface area contributed by atoms with Gasteiger partial charge in [-0.05, 0) is 23.8 Å². The van der Waals surface area contributed by atoms with E-state index in [-0.39, 0.29) is 37.4 Å². The average Bonchev–Trinajstić information content (AvgIpc) is 3.27. The number of hydrogen-bond donors (Lipinski definition) is 1. The highest BCUT2D eigenvalue weighted by molar-refractivity contribution is 6.42. The summed E-state index contributed by atoms with van der Waals surface area (Å²) in [5.74, 6) is 0.590. The molecule has 3 heterocycles. The van der Waals surface area contributed by atoms with Crippen LogP contribution in [-0.2, 0) is 9.59 Å². The molecule has 9 nitrogen and oxygen atoms in total. The normalized spacial score (nSPS) is 19.6. The highest BCUT2D eigenvalue weighted by Gasteiger charge is 2.43. The Labute approximate surface area is 231 Å². The number of urea groups is 1. The summed E-state index contributed by atoms with van der Waals surface area (Å²) < 4.78 is 5.47. The third kappa shape index (κ3) is 4.76. The average molecular weight is 558 g/mol. The van der Waals surface area contributed by atoms with Gasteiger partial charge in [-0.15, -0.1) is 0 Å². The Morgan fingerprint density at radius 1 is 1.05 bits per heavy atom. The number of piperazine rings is 1. The first-order chi connectivity index (χ1) is 18.3. The van der Waals surface area contributed by atoms with Crippen LogP contribution in [0.5, 0.6) is 5.75 Å². The van der Waals surface area contributed by atoms with Crippen molar-refractivity contribution in [2.45, 2.75) is 12.5 Å². The summed E-state index contributed by atoms with van der Waals surface area (Å²) in [6.45, 7) is 3.10. The standard InChI is InChI=1S/C27H29Cl2N5O4/c1-31-20-16-34(26(36)23(20)25(30-27(31)37)17-6-5-7-18(28)24(17)29)11-10-22(35)33-14-12-32(13-15-33)19-8-3-4-9-21(19)38-2/h3-9,25H,10-16H2,1-2H3,(H,30,37). The number of amides is 4. The van der Waals surface area contributed by atoms with Gasteiger partial charge in [-0.1, -0.05) is 47.5 Å². The first-order valence-electron chi connectivity index (χ1n) is 12.5. The van der Waals surface area contributed by atoms with Crippen LogP contribution in [0.4, 0.5) is 10.5 Å². The van der Waals surface area contributed by atoms with Gasteiger partial charge in [0.1, 0.15) is 5.75 Å². The van der Waals surface area contributed by atoms with Crippen LogP contribution in [0, 0.1) is 0 Å². The third-order valence-corrected chi connectivity index (χ3v) is 8.21. The summed E-state index contributed by atoms with van der Waals surface area (Å²) >= 11 is 12.6. The lowest BCUT2D eigenvalue weighted by atomic mass is 9.95. The number of halogens is 2. The minimum Gasteiger partial charge on any atom is -0.495 e. The number of carbonyl (C=O) groups excluding carboxylic acids is 3. The molecule has 5 rings (SSSR count). The molecule has 3 aliphatic rings. The molecule has 38 heavy (non-hydrogen) atoms. The fraction of sp³-hybridized carbons (Fsp3) is 0.370. The summed E-state index contributed by atoms with van der Waals surface area (Å²) in [7, 11) is 3.28. The van der Waals surface area contributed by atoms with Crippen molar-refractivity contribution in [2.75, 3.05) is 58.3 Å². The van der Waals surface area contributed by atoms with Gasteiger partial charge in [-0.3, -0.25) is 14.5 Å². The van der Waals surface area contributed by atoms with Crippen molar-refractivity contribution < 1.29 is 19.1 Å². The SMILES string of the molecule is COc1ccccc1N1CCN(C(=O)CCN2CC3=C(C2=O)C(c2cccc(Cl)c2Cl)NC(=O)N3C)CC1. The maximum Gasteiger partial charge on any atom is 0.322 e. The number of hydrogen-bond acceptors (Lipinski definition) is 5. The largest absolute Gasteiger partial charge is 0.495 e. The zero-order chi connectivity index (χ0) is 27.0. The summed E-state index contributed by atoms with van der Waals surface area (Å²) in [4.78, 5) is 46.3. The molecule has 0 aliphatic carbocycles. The second-order valence-corrected chi connectivity index (χ2v) is 10.2. The topological polar surface area (TPSA) is 85.4 Å². The van der Waals surface area contributed by atoms with Gasteiger partial charge in [0.25, 0.3) is 5.91 Å². The molecule has 1 unspecified atom stereocenters. The Morgan fingerprint density at radius 3 is 2.53 bits per heavy atom. The monoisotopic (exact) mass is 557 g/mol. The first kappa shape index (κ1) is 26.2. The lowest BCUT2D eigenvalue weighted by molar-refractivity contribution is -0.132. The van der Waals surface area contributed by atoms with Crippen molar-refractivity contribution in [3.63, 3.8) is 0 Å². The van der Waals surface area contributed by atoms with E-state index in [1.54, 1.807) is 37.3 Å². The molecule has 1 atom stereocenters. The van der Waals surface area contributed by atoms with Gasteiger partial charge in [-0.2, -0.15) is 0 Å². The van der Waals surface area contributed by atoms with Crippen molar-refractivity contribution in [3.05, 3.63) is 69.3 Å². The number of rotatable bonds is 6. The van der Waals surface area contributed by atoms with E-state index in [2.05, 4.69) is 10.2 Å². The second kappa shape index (κ2) is 10.7. The van der Waals surface area contributed by atoms with Gasteiger partial charge < -0.3 is 24.8 Å². The van der Waals surface area contributed by atoms with Gasteiger partial charge in [0, 0.05) is 46.2 Å². The molecule has 1 fully saturated rings. The predicted octanol–water partition coefficient (Wildman–Crippen LogP) is 3.53. The summed E-state index contributed by atoms with van der Waals surface area (Å²) in [5.41, 5.74) is 2.64. The molecule has 11 heteroatoms. The van der Waals surface area contributed by atoms with Crippen LogP contribution in [0.1, 0.15) is 18.0 Å². The van der Waals surface area contributed by atoms with E-state index in [4.69, 9.17) is 27.9 Å². The number of carbonyl (C=O) groups is 3. The van der Waals surface area contributed by atoms with E-state index in [0.29, 0.717) is 53.1 Å². The minimum atomic E-state index is -0.712. The molecular weight excluding hydrogens is 529 g/mol.